The summed E-state index contributed by atoms with van der Waals surface area (Å²) in [6.07, 6.45) is 5.77. The second-order valence-corrected chi connectivity index (χ2v) is 4.05. The van der Waals surface area contributed by atoms with E-state index in [0.717, 1.165) is 17.9 Å². The molecule has 0 aliphatic rings. The molecule has 94 valence electrons. The van der Waals surface area contributed by atoms with Crippen LogP contribution < -0.4 is 4.90 Å². The van der Waals surface area contributed by atoms with Crippen LogP contribution in [0.25, 0.3) is 0 Å². The van der Waals surface area contributed by atoms with Crippen molar-refractivity contribution in [2.24, 2.45) is 7.05 Å². The molecule has 0 aliphatic heterocycles. The number of aromatic nitrogens is 3. The topological polar surface area (TPSA) is 51.0 Å². The number of nitrogens with zero attached hydrogens (tertiary/aromatic N) is 4. The van der Waals surface area contributed by atoms with E-state index in [-0.39, 0.29) is 5.91 Å². The molecule has 1 amide bonds. The minimum atomic E-state index is -0.0855. The van der Waals surface area contributed by atoms with Gasteiger partial charge in [-0.05, 0) is 12.1 Å². The summed E-state index contributed by atoms with van der Waals surface area (Å²) in [6, 6.07) is 3.65. The van der Waals surface area contributed by atoms with Gasteiger partial charge in [-0.15, -0.1) is 0 Å². The monoisotopic (exact) mass is 244 g/mol. The molecular formula is C13H16N4O. The summed E-state index contributed by atoms with van der Waals surface area (Å²) in [5.74, 6) is 0.815. The summed E-state index contributed by atoms with van der Waals surface area (Å²) in [6.45, 7) is 2.02. The Bertz CT molecular complexity index is 547. The minimum Gasteiger partial charge on any atom is -0.327 e. The molecular weight excluding hydrogens is 228 g/mol. The molecule has 0 saturated heterocycles. The zero-order chi connectivity index (χ0) is 13.1. The van der Waals surface area contributed by atoms with Gasteiger partial charge in [0.1, 0.15) is 11.5 Å². The molecule has 0 bridgehead atoms. The van der Waals surface area contributed by atoms with Gasteiger partial charge in [0.2, 0.25) is 0 Å². The third-order valence-corrected chi connectivity index (χ3v) is 2.96. The van der Waals surface area contributed by atoms with Gasteiger partial charge < -0.3 is 9.47 Å². The molecule has 0 spiro atoms. The Morgan fingerprint density at radius 3 is 2.78 bits per heavy atom. The average Bonchev–Trinajstić information content (AvgIpc) is 2.79. The number of anilines is 1. The first-order valence-corrected chi connectivity index (χ1v) is 5.83. The number of imidazole rings is 1. The van der Waals surface area contributed by atoms with E-state index in [1.807, 2.05) is 24.6 Å². The first kappa shape index (κ1) is 12.3. The predicted molar refractivity (Wildman–Crippen MR) is 69.6 cm³/mol. The van der Waals surface area contributed by atoms with Crippen LogP contribution in [0.15, 0.2) is 30.7 Å². The Morgan fingerprint density at radius 2 is 2.22 bits per heavy atom. The highest BCUT2D eigenvalue weighted by molar-refractivity contribution is 6.04. The Balaban J connectivity index is 2.29. The standard InChI is InChI=1S/C13H16N4O/c1-4-12-15-9-11(17(12)3)13(18)16(2)10-6-5-7-14-8-10/h5-9H,4H2,1-3H3. The van der Waals surface area contributed by atoms with Gasteiger partial charge in [0.05, 0.1) is 18.1 Å². The Hall–Kier alpha value is -2.17. The lowest BCUT2D eigenvalue weighted by Gasteiger charge is -2.16. The fourth-order valence-electron chi connectivity index (χ4n) is 1.82. The summed E-state index contributed by atoms with van der Waals surface area (Å²) in [7, 11) is 3.59. The third kappa shape index (κ3) is 2.11. The maximum absolute atomic E-state index is 12.3. The molecule has 0 radical (unpaired) electrons. The number of hydrogen-bond donors (Lipinski definition) is 0. The highest BCUT2D eigenvalue weighted by Crippen LogP contribution is 2.14. The zero-order valence-electron chi connectivity index (χ0n) is 10.8. The van der Waals surface area contributed by atoms with Crippen LogP contribution in [0.1, 0.15) is 23.2 Å². The molecule has 2 aromatic heterocycles. The molecule has 5 heteroatoms. The largest absolute Gasteiger partial charge is 0.327 e. The van der Waals surface area contributed by atoms with E-state index >= 15 is 0 Å². The lowest BCUT2D eigenvalue weighted by atomic mass is 10.3. The highest BCUT2D eigenvalue weighted by Gasteiger charge is 2.18. The number of rotatable bonds is 3. The van der Waals surface area contributed by atoms with Crippen LogP contribution in [0.2, 0.25) is 0 Å². The van der Waals surface area contributed by atoms with Crippen molar-refractivity contribution in [3.63, 3.8) is 0 Å². The predicted octanol–water partition coefficient (Wildman–Crippen LogP) is 1.65. The van der Waals surface area contributed by atoms with Gasteiger partial charge in [-0.1, -0.05) is 6.92 Å². The molecule has 0 aromatic carbocycles. The van der Waals surface area contributed by atoms with Gasteiger partial charge in [-0.25, -0.2) is 4.98 Å². The van der Waals surface area contributed by atoms with E-state index in [0.29, 0.717) is 5.69 Å². The van der Waals surface area contributed by atoms with E-state index < -0.39 is 0 Å². The maximum atomic E-state index is 12.3. The number of aryl methyl sites for hydroxylation is 1. The van der Waals surface area contributed by atoms with Crippen LogP contribution in [-0.4, -0.2) is 27.5 Å². The molecule has 0 atom stereocenters. The molecule has 0 saturated carbocycles. The smallest absolute Gasteiger partial charge is 0.276 e. The molecule has 2 aromatic rings. The summed E-state index contributed by atoms with van der Waals surface area (Å²) >= 11 is 0. The van der Waals surface area contributed by atoms with Gasteiger partial charge in [-0.2, -0.15) is 0 Å². The molecule has 2 rings (SSSR count). The molecule has 5 nitrogen and oxygen atoms in total. The van der Waals surface area contributed by atoms with Gasteiger partial charge in [0.15, 0.2) is 0 Å². The molecule has 0 aliphatic carbocycles. The quantitative estimate of drug-likeness (QED) is 0.825. The van der Waals surface area contributed by atoms with Crippen molar-refractivity contribution in [3.8, 4) is 0 Å². The van der Waals surface area contributed by atoms with Crippen molar-refractivity contribution >= 4 is 11.6 Å². The van der Waals surface area contributed by atoms with Crippen LogP contribution in [0.3, 0.4) is 0 Å². The minimum absolute atomic E-state index is 0.0855. The fraction of sp³-hybridized carbons (Fsp3) is 0.308. The number of carbonyl (C=O) groups is 1. The lowest BCUT2D eigenvalue weighted by molar-refractivity contribution is 0.0985. The van der Waals surface area contributed by atoms with Crippen molar-refractivity contribution in [1.29, 1.82) is 0 Å². The Labute approximate surface area is 106 Å². The molecule has 2 heterocycles. The molecule has 0 unspecified atom stereocenters. The molecule has 0 fully saturated rings. The first-order valence-electron chi connectivity index (χ1n) is 5.83. The summed E-state index contributed by atoms with van der Waals surface area (Å²) < 4.78 is 1.83. The van der Waals surface area contributed by atoms with Crippen molar-refractivity contribution in [2.75, 3.05) is 11.9 Å². The zero-order valence-corrected chi connectivity index (χ0v) is 10.8. The molecule has 0 N–H and O–H groups in total. The van der Waals surface area contributed by atoms with E-state index in [4.69, 9.17) is 0 Å². The summed E-state index contributed by atoms with van der Waals surface area (Å²) in [5, 5.41) is 0. The van der Waals surface area contributed by atoms with Crippen LogP contribution in [0, 0.1) is 0 Å². The van der Waals surface area contributed by atoms with E-state index in [1.165, 1.54) is 0 Å². The van der Waals surface area contributed by atoms with Crippen molar-refractivity contribution < 1.29 is 4.79 Å². The fourth-order valence-corrected chi connectivity index (χ4v) is 1.82. The van der Waals surface area contributed by atoms with E-state index in [2.05, 4.69) is 9.97 Å². The number of amides is 1. The summed E-state index contributed by atoms with van der Waals surface area (Å²) in [5.41, 5.74) is 1.35. The molecule has 18 heavy (non-hydrogen) atoms. The van der Waals surface area contributed by atoms with Crippen molar-refractivity contribution in [3.05, 3.63) is 42.2 Å². The van der Waals surface area contributed by atoms with Gasteiger partial charge in [0, 0.05) is 26.7 Å². The average molecular weight is 244 g/mol. The Kier molecular flexibility index (Phi) is 3.41. The van der Waals surface area contributed by atoms with Gasteiger partial charge in [-0.3, -0.25) is 9.78 Å². The number of carbonyl (C=O) groups excluding carboxylic acids is 1. The second-order valence-electron chi connectivity index (χ2n) is 4.05. The Morgan fingerprint density at radius 1 is 1.44 bits per heavy atom. The normalized spacial score (nSPS) is 10.4. The lowest BCUT2D eigenvalue weighted by Crippen LogP contribution is -2.28. The second kappa shape index (κ2) is 5.00. The van der Waals surface area contributed by atoms with Crippen LogP contribution in [-0.2, 0) is 13.5 Å². The van der Waals surface area contributed by atoms with Crippen LogP contribution >= 0.6 is 0 Å². The van der Waals surface area contributed by atoms with Gasteiger partial charge >= 0.3 is 0 Å². The SMILES string of the molecule is CCc1ncc(C(=O)N(C)c2cccnc2)n1C. The number of hydrogen-bond acceptors (Lipinski definition) is 3. The maximum Gasteiger partial charge on any atom is 0.276 e. The van der Waals surface area contributed by atoms with Crippen LogP contribution in [0.4, 0.5) is 5.69 Å². The van der Waals surface area contributed by atoms with Crippen molar-refractivity contribution in [2.45, 2.75) is 13.3 Å². The van der Waals surface area contributed by atoms with E-state index in [9.17, 15) is 4.79 Å². The van der Waals surface area contributed by atoms with Crippen LogP contribution in [0.5, 0.6) is 0 Å². The van der Waals surface area contributed by atoms with Crippen molar-refractivity contribution in [1.82, 2.24) is 14.5 Å². The summed E-state index contributed by atoms with van der Waals surface area (Å²) in [4.78, 5) is 22.1. The highest BCUT2D eigenvalue weighted by atomic mass is 16.2. The first-order chi connectivity index (χ1) is 8.65. The third-order valence-electron chi connectivity index (χ3n) is 2.96. The van der Waals surface area contributed by atoms with Gasteiger partial charge in [0.25, 0.3) is 5.91 Å². The number of pyridine rings is 1. The van der Waals surface area contributed by atoms with E-state index in [1.54, 1.807) is 36.6 Å².